The van der Waals surface area contributed by atoms with Crippen LogP contribution in [0.4, 0.5) is 10.1 Å². The van der Waals surface area contributed by atoms with Crippen molar-refractivity contribution >= 4 is 23.2 Å². The molecule has 0 radical (unpaired) electrons. The van der Waals surface area contributed by atoms with Gasteiger partial charge in [-0.1, -0.05) is 17.7 Å². The van der Waals surface area contributed by atoms with E-state index in [1.807, 2.05) is 12.1 Å². The molecular formula is C15H14ClFN4O. The highest BCUT2D eigenvalue weighted by Crippen LogP contribution is 2.25. The van der Waals surface area contributed by atoms with Gasteiger partial charge in [-0.3, -0.25) is 9.78 Å². The van der Waals surface area contributed by atoms with E-state index in [2.05, 4.69) is 21.2 Å². The fourth-order valence-corrected chi connectivity index (χ4v) is 2.55. The number of nitrogens with one attached hydrogen (secondary N) is 3. The number of hydrogen-bond donors (Lipinski definition) is 3. The topological polar surface area (TPSA) is 66.0 Å². The van der Waals surface area contributed by atoms with Gasteiger partial charge in [-0.2, -0.15) is 0 Å². The highest BCUT2D eigenvalue weighted by molar-refractivity contribution is 6.33. The van der Waals surface area contributed by atoms with Crippen LogP contribution in [-0.4, -0.2) is 16.9 Å². The summed E-state index contributed by atoms with van der Waals surface area (Å²) in [4.78, 5) is 16.3. The van der Waals surface area contributed by atoms with Gasteiger partial charge in [0.2, 0.25) is 5.91 Å². The molecule has 1 amide bonds. The Labute approximate surface area is 131 Å². The molecule has 1 aliphatic rings. The summed E-state index contributed by atoms with van der Waals surface area (Å²) in [6.45, 7) is 0. The molecule has 3 rings (SSSR count). The van der Waals surface area contributed by atoms with Crippen LogP contribution >= 0.6 is 11.6 Å². The Hall–Kier alpha value is -2.02. The highest BCUT2D eigenvalue weighted by Gasteiger charge is 2.30. The second-order valence-electron chi connectivity index (χ2n) is 5.03. The molecule has 0 spiro atoms. The van der Waals surface area contributed by atoms with E-state index in [4.69, 9.17) is 11.6 Å². The third-order valence-electron chi connectivity index (χ3n) is 3.50. The predicted octanol–water partition coefficient (Wildman–Crippen LogP) is 2.42. The number of aromatic nitrogens is 1. The Morgan fingerprint density at radius 3 is 2.95 bits per heavy atom. The van der Waals surface area contributed by atoms with Gasteiger partial charge in [-0.15, -0.1) is 0 Å². The SMILES string of the molecule is O=C(Nc1ccc(F)cc1Cl)C1CC(c2cccnc2)NN1. The lowest BCUT2D eigenvalue weighted by molar-refractivity contribution is -0.117. The number of carbonyl (C=O) groups is 1. The number of hydrogen-bond acceptors (Lipinski definition) is 4. The quantitative estimate of drug-likeness (QED) is 0.812. The van der Waals surface area contributed by atoms with Crippen LogP contribution in [0.15, 0.2) is 42.7 Å². The number of amides is 1. The largest absolute Gasteiger partial charge is 0.323 e. The molecule has 2 aromatic rings. The highest BCUT2D eigenvalue weighted by atomic mass is 35.5. The number of carbonyl (C=O) groups excluding carboxylic acids is 1. The zero-order chi connectivity index (χ0) is 15.5. The monoisotopic (exact) mass is 320 g/mol. The first-order chi connectivity index (χ1) is 10.6. The van der Waals surface area contributed by atoms with Crippen LogP contribution in [0.25, 0.3) is 0 Å². The molecule has 3 N–H and O–H groups in total. The van der Waals surface area contributed by atoms with Crippen molar-refractivity contribution in [1.29, 1.82) is 0 Å². The van der Waals surface area contributed by atoms with E-state index in [-0.39, 0.29) is 17.0 Å². The molecule has 1 saturated heterocycles. The van der Waals surface area contributed by atoms with Crippen LogP contribution in [0.3, 0.4) is 0 Å². The third-order valence-corrected chi connectivity index (χ3v) is 3.81. The number of pyridine rings is 1. The van der Waals surface area contributed by atoms with Gasteiger partial charge in [0, 0.05) is 18.4 Å². The van der Waals surface area contributed by atoms with Gasteiger partial charge in [0.15, 0.2) is 0 Å². The molecule has 1 fully saturated rings. The first-order valence-corrected chi connectivity index (χ1v) is 7.18. The summed E-state index contributed by atoms with van der Waals surface area (Å²) in [5.41, 5.74) is 7.41. The van der Waals surface area contributed by atoms with Gasteiger partial charge in [-0.05, 0) is 36.2 Å². The van der Waals surface area contributed by atoms with Gasteiger partial charge < -0.3 is 5.32 Å². The number of benzene rings is 1. The minimum absolute atomic E-state index is 0.00754. The number of halogens is 2. The van der Waals surface area contributed by atoms with Gasteiger partial charge in [0.05, 0.1) is 10.7 Å². The standard InChI is InChI=1S/C15H14ClFN4O/c16-11-6-10(17)3-4-12(11)19-15(22)14-7-13(20-21-14)9-2-1-5-18-8-9/h1-6,8,13-14,20-21H,7H2,(H,19,22). The van der Waals surface area contributed by atoms with Gasteiger partial charge in [0.1, 0.15) is 11.9 Å². The summed E-state index contributed by atoms with van der Waals surface area (Å²) >= 11 is 5.91. The summed E-state index contributed by atoms with van der Waals surface area (Å²) in [6.07, 6.45) is 4.04. The molecule has 5 nitrogen and oxygen atoms in total. The van der Waals surface area contributed by atoms with Crippen molar-refractivity contribution in [2.24, 2.45) is 0 Å². The molecule has 2 unspecified atom stereocenters. The molecule has 114 valence electrons. The molecule has 1 aromatic carbocycles. The van der Waals surface area contributed by atoms with E-state index in [1.54, 1.807) is 12.4 Å². The number of rotatable bonds is 3. The summed E-state index contributed by atoms with van der Waals surface area (Å²) in [7, 11) is 0. The fourth-order valence-electron chi connectivity index (χ4n) is 2.34. The molecule has 22 heavy (non-hydrogen) atoms. The van der Waals surface area contributed by atoms with Crippen molar-refractivity contribution in [3.05, 3.63) is 59.1 Å². The zero-order valence-electron chi connectivity index (χ0n) is 11.5. The lowest BCUT2D eigenvalue weighted by Gasteiger charge is -2.11. The maximum atomic E-state index is 13.0. The van der Waals surface area contributed by atoms with Crippen LogP contribution < -0.4 is 16.2 Å². The Kier molecular flexibility index (Phi) is 4.33. The Morgan fingerprint density at radius 1 is 1.36 bits per heavy atom. The van der Waals surface area contributed by atoms with Crippen molar-refractivity contribution in [2.75, 3.05) is 5.32 Å². The fraction of sp³-hybridized carbons (Fsp3) is 0.200. The van der Waals surface area contributed by atoms with Gasteiger partial charge >= 0.3 is 0 Å². The van der Waals surface area contributed by atoms with Crippen molar-refractivity contribution in [3.8, 4) is 0 Å². The maximum Gasteiger partial charge on any atom is 0.242 e. The second-order valence-corrected chi connectivity index (χ2v) is 5.44. The molecule has 0 aliphatic carbocycles. The minimum Gasteiger partial charge on any atom is -0.323 e. The van der Waals surface area contributed by atoms with E-state index < -0.39 is 11.9 Å². The molecule has 7 heteroatoms. The number of nitrogens with zero attached hydrogens (tertiary/aromatic N) is 1. The van der Waals surface area contributed by atoms with Crippen LogP contribution in [0.1, 0.15) is 18.0 Å². The normalized spacial score (nSPS) is 20.8. The maximum absolute atomic E-state index is 13.0. The Bertz CT molecular complexity index is 682. The average Bonchev–Trinajstić information content (AvgIpc) is 3.01. The molecule has 0 saturated carbocycles. The Morgan fingerprint density at radius 2 is 2.23 bits per heavy atom. The van der Waals surface area contributed by atoms with E-state index in [0.29, 0.717) is 12.1 Å². The first kappa shape index (κ1) is 14.9. The summed E-state index contributed by atoms with van der Waals surface area (Å²) in [6, 6.07) is 7.25. The third kappa shape index (κ3) is 3.24. The first-order valence-electron chi connectivity index (χ1n) is 6.80. The molecule has 1 aromatic heterocycles. The van der Waals surface area contributed by atoms with Crippen molar-refractivity contribution < 1.29 is 9.18 Å². The molecular weight excluding hydrogens is 307 g/mol. The second kappa shape index (κ2) is 6.39. The number of anilines is 1. The molecule has 0 bridgehead atoms. The van der Waals surface area contributed by atoms with Crippen LogP contribution in [0.2, 0.25) is 5.02 Å². The minimum atomic E-state index is -0.444. The van der Waals surface area contributed by atoms with E-state index in [9.17, 15) is 9.18 Å². The molecule has 2 heterocycles. The van der Waals surface area contributed by atoms with Crippen LogP contribution in [0, 0.1) is 5.82 Å². The summed E-state index contributed by atoms with van der Waals surface area (Å²) < 4.78 is 13.0. The predicted molar refractivity (Wildman–Crippen MR) is 81.7 cm³/mol. The molecule has 2 atom stereocenters. The lowest BCUT2D eigenvalue weighted by atomic mass is 10.0. The Balaban J connectivity index is 1.64. The van der Waals surface area contributed by atoms with E-state index in [0.717, 1.165) is 11.6 Å². The smallest absolute Gasteiger partial charge is 0.242 e. The van der Waals surface area contributed by atoms with Crippen molar-refractivity contribution in [3.63, 3.8) is 0 Å². The average molecular weight is 321 g/mol. The number of hydrazine groups is 1. The van der Waals surface area contributed by atoms with Crippen LogP contribution in [-0.2, 0) is 4.79 Å². The summed E-state index contributed by atoms with van der Waals surface area (Å²) in [5.74, 6) is -0.673. The van der Waals surface area contributed by atoms with Gasteiger partial charge in [-0.25, -0.2) is 15.2 Å². The van der Waals surface area contributed by atoms with E-state index >= 15 is 0 Å². The van der Waals surface area contributed by atoms with Crippen molar-refractivity contribution in [1.82, 2.24) is 15.8 Å². The molecule has 1 aliphatic heterocycles. The van der Waals surface area contributed by atoms with Crippen LogP contribution in [0.5, 0.6) is 0 Å². The lowest BCUT2D eigenvalue weighted by Crippen LogP contribution is -2.39. The summed E-state index contributed by atoms with van der Waals surface area (Å²) in [5, 5.41) is 2.87. The zero-order valence-corrected chi connectivity index (χ0v) is 12.3. The van der Waals surface area contributed by atoms with Gasteiger partial charge in [0.25, 0.3) is 0 Å². The van der Waals surface area contributed by atoms with E-state index in [1.165, 1.54) is 12.1 Å². The van der Waals surface area contributed by atoms with Crippen molar-refractivity contribution in [2.45, 2.75) is 18.5 Å².